The van der Waals surface area contributed by atoms with Gasteiger partial charge in [-0.05, 0) is 75.6 Å². The van der Waals surface area contributed by atoms with Gasteiger partial charge in [0.25, 0.3) is 0 Å². The summed E-state index contributed by atoms with van der Waals surface area (Å²) in [7, 11) is 0. The van der Waals surface area contributed by atoms with Gasteiger partial charge < -0.3 is 20.4 Å². The molecule has 14 nitrogen and oxygen atoms in total. The Bertz CT molecular complexity index is 2330. The van der Waals surface area contributed by atoms with Crippen LogP contribution in [-0.2, 0) is 0 Å². The third-order valence-electron chi connectivity index (χ3n) is 12.5. The molecule has 2 fully saturated rings. The number of fused-ring (bicyclic) bond motifs is 6. The molecular weight excluding hydrogens is 804 g/mol. The summed E-state index contributed by atoms with van der Waals surface area (Å²) in [5.74, 6) is 5.28. The second-order valence-corrected chi connectivity index (χ2v) is 17.1. The van der Waals surface area contributed by atoms with Crippen LogP contribution in [0.5, 0.6) is 0 Å². The second-order valence-electron chi connectivity index (χ2n) is 16.2. The number of anilines is 4. The zero-order valence-electron chi connectivity index (χ0n) is 34.3. The van der Waals surface area contributed by atoms with Crippen LogP contribution in [0.2, 0.25) is 0 Å². The van der Waals surface area contributed by atoms with E-state index in [1.807, 2.05) is 18.5 Å². The fourth-order valence-electron chi connectivity index (χ4n) is 9.47. The molecule has 0 saturated heterocycles. The molecule has 6 heterocycles. The van der Waals surface area contributed by atoms with Crippen molar-refractivity contribution in [3.05, 3.63) is 107 Å². The van der Waals surface area contributed by atoms with Crippen molar-refractivity contribution in [3.63, 3.8) is 0 Å². The van der Waals surface area contributed by atoms with Crippen LogP contribution in [0.15, 0.2) is 84.1 Å². The number of benzene rings is 2. The SMILES string of the molecule is CCC1c2nncn2-c2cnc(NC(C)c3ccc(Br)cc3)nc2N1C1CCCC1.CCC1c2nncn2-c2cnc(NC(C)c3ccccc3)nc2N1C1CCCC1. The second kappa shape index (κ2) is 17.0. The van der Waals surface area contributed by atoms with Crippen LogP contribution in [0.3, 0.4) is 0 Å². The molecule has 0 amide bonds. The highest BCUT2D eigenvalue weighted by Crippen LogP contribution is 2.44. The summed E-state index contributed by atoms with van der Waals surface area (Å²) in [4.78, 5) is 24.3. The predicted molar refractivity (Wildman–Crippen MR) is 234 cm³/mol. The maximum absolute atomic E-state index is 5.02. The van der Waals surface area contributed by atoms with Crippen molar-refractivity contribution in [2.75, 3.05) is 20.4 Å². The van der Waals surface area contributed by atoms with Gasteiger partial charge >= 0.3 is 0 Å². The lowest BCUT2D eigenvalue weighted by Gasteiger charge is -2.40. The van der Waals surface area contributed by atoms with Crippen molar-refractivity contribution in [1.82, 2.24) is 49.5 Å². The van der Waals surface area contributed by atoms with Crippen LogP contribution in [0.1, 0.15) is 139 Å². The van der Waals surface area contributed by atoms with Crippen molar-refractivity contribution >= 4 is 39.5 Å². The van der Waals surface area contributed by atoms with Crippen LogP contribution in [0.25, 0.3) is 11.4 Å². The zero-order chi connectivity index (χ0) is 40.5. The number of aromatic nitrogens is 10. The topological polar surface area (TPSA) is 144 Å². The summed E-state index contributed by atoms with van der Waals surface area (Å²) in [5.41, 5.74) is 4.35. The monoisotopic (exact) mass is 856 g/mol. The Kier molecular flexibility index (Phi) is 11.3. The molecule has 0 bridgehead atoms. The molecule has 2 aromatic carbocycles. The molecule has 2 saturated carbocycles. The van der Waals surface area contributed by atoms with Gasteiger partial charge in [0.2, 0.25) is 11.9 Å². The summed E-state index contributed by atoms with van der Waals surface area (Å²) in [6, 6.07) is 20.3. The first-order chi connectivity index (χ1) is 28.9. The van der Waals surface area contributed by atoms with Crippen molar-refractivity contribution in [2.24, 2.45) is 0 Å². The molecule has 15 heteroatoms. The van der Waals surface area contributed by atoms with Gasteiger partial charge in [0, 0.05) is 16.6 Å². The van der Waals surface area contributed by atoms with Crippen molar-refractivity contribution in [3.8, 4) is 11.4 Å². The lowest BCUT2D eigenvalue weighted by Crippen LogP contribution is -2.42. The van der Waals surface area contributed by atoms with E-state index in [2.05, 4.69) is 152 Å². The Balaban J connectivity index is 0.000000152. The average Bonchev–Trinajstić information content (AvgIpc) is 4.12. The van der Waals surface area contributed by atoms with Gasteiger partial charge in [-0.2, -0.15) is 9.97 Å². The number of nitrogens with one attached hydrogen (secondary N) is 2. The van der Waals surface area contributed by atoms with Crippen LogP contribution in [0, 0.1) is 0 Å². The standard InChI is InChI=1S/C22H26BrN7.C22H27N7/c1-3-18-21-28-25-13-29(21)19-12-24-22(26-14(2)15-8-10-16(23)11-9-15)27-20(19)30(18)17-6-4-5-7-17;1-3-18-21-27-24-14-28(21)19-13-23-22(25-15(2)16-9-5-4-6-10-16)26-20(19)29(18)17-11-7-8-12-17/h8-14,17-18H,3-7H2,1-2H3,(H,24,26,27);4-6,9-10,13-15,17-18H,3,7-8,11-12H2,1-2H3,(H,23,25,26). The maximum atomic E-state index is 5.02. The summed E-state index contributed by atoms with van der Waals surface area (Å²) < 4.78 is 5.18. The zero-order valence-corrected chi connectivity index (χ0v) is 35.9. The molecule has 6 aromatic rings. The van der Waals surface area contributed by atoms with Gasteiger partial charge in [-0.15, -0.1) is 20.4 Å². The van der Waals surface area contributed by atoms with Crippen molar-refractivity contribution < 1.29 is 0 Å². The molecule has 4 aromatic heterocycles. The molecule has 2 aliphatic heterocycles. The van der Waals surface area contributed by atoms with E-state index in [0.29, 0.717) is 24.0 Å². The molecule has 4 unspecified atom stereocenters. The van der Waals surface area contributed by atoms with Crippen LogP contribution in [-0.4, -0.2) is 61.5 Å². The molecular formula is C44H53BrN14. The van der Waals surface area contributed by atoms with E-state index in [0.717, 1.165) is 52.0 Å². The van der Waals surface area contributed by atoms with E-state index < -0.39 is 0 Å². The molecule has 2 N–H and O–H groups in total. The molecule has 0 spiro atoms. The minimum atomic E-state index is 0.104. The average molecular weight is 858 g/mol. The minimum Gasteiger partial charge on any atom is -0.348 e. The Morgan fingerprint density at radius 2 is 1.07 bits per heavy atom. The van der Waals surface area contributed by atoms with Gasteiger partial charge in [0.1, 0.15) is 24.0 Å². The third kappa shape index (κ3) is 7.65. The first kappa shape index (κ1) is 39.0. The number of hydrogen-bond donors (Lipinski definition) is 2. The molecule has 306 valence electrons. The molecule has 10 rings (SSSR count). The van der Waals surface area contributed by atoms with E-state index in [9.17, 15) is 0 Å². The van der Waals surface area contributed by atoms with E-state index in [4.69, 9.17) is 9.97 Å². The molecule has 0 radical (unpaired) electrons. The minimum absolute atomic E-state index is 0.104. The van der Waals surface area contributed by atoms with Gasteiger partial charge in [-0.3, -0.25) is 9.13 Å². The normalized spacial score (nSPS) is 19.5. The summed E-state index contributed by atoms with van der Waals surface area (Å²) >= 11 is 3.50. The lowest BCUT2D eigenvalue weighted by molar-refractivity contribution is 0.469. The number of rotatable bonds is 10. The Hall–Kier alpha value is -5.44. The number of nitrogens with zero attached hydrogens (tertiary/aromatic N) is 12. The highest BCUT2D eigenvalue weighted by Gasteiger charge is 2.40. The van der Waals surface area contributed by atoms with Gasteiger partial charge in [-0.1, -0.05) is 97.9 Å². The van der Waals surface area contributed by atoms with Crippen LogP contribution < -0.4 is 20.4 Å². The summed E-state index contributed by atoms with van der Waals surface area (Å²) in [6.45, 7) is 8.70. The fourth-order valence-corrected chi connectivity index (χ4v) is 9.74. The summed E-state index contributed by atoms with van der Waals surface area (Å²) in [5, 5.41) is 24.2. The molecule has 4 aliphatic rings. The van der Waals surface area contributed by atoms with E-state index >= 15 is 0 Å². The maximum Gasteiger partial charge on any atom is 0.225 e. The smallest absolute Gasteiger partial charge is 0.225 e. The van der Waals surface area contributed by atoms with Crippen LogP contribution in [0.4, 0.5) is 23.5 Å². The van der Waals surface area contributed by atoms with Crippen molar-refractivity contribution in [2.45, 2.75) is 128 Å². The van der Waals surface area contributed by atoms with Crippen molar-refractivity contribution in [1.29, 1.82) is 0 Å². The largest absolute Gasteiger partial charge is 0.348 e. The van der Waals surface area contributed by atoms with Gasteiger partial charge in [0.15, 0.2) is 23.3 Å². The number of halogens is 1. The van der Waals surface area contributed by atoms with Gasteiger partial charge in [0.05, 0.1) is 36.6 Å². The van der Waals surface area contributed by atoms with E-state index in [1.165, 1.54) is 62.5 Å². The quantitative estimate of drug-likeness (QED) is 0.135. The summed E-state index contributed by atoms with van der Waals surface area (Å²) in [6.07, 6.45) is 19.2. The molecule has 59 heavy (non-hydrogen) atoms. The molecule has 4 atom stereocenters. The van der Waals surface area contributed by atoms with E-state index in [-0.39, 0.29) is 24.2 Å². The predicted octanol–water partition coefficient (Wildman–Crippen LogP) is 9.65. The third-order valence-corrected chi connectivity index (χ3v) is 13.0. The number of hydrogen-bond acceptors (Lipinski definition) is 12. The van der Waals surface area contributed by atoms with E-state index in [1.54, 1.807) is 12.7 Å². The highest BCUT2D eigenvalue weighted by atomic mass is 79.9. The first-order valence-corrected chi connectivity index (χ1v) is 22.2. The van der Waals surface area contributed by atoms with Crippen LogP contribution >= 0.6 is 15.9 Å². The first-order valence-electron chi connectivity index (χ1n) is 21.4. The highest BCUT2D eigenvalue weighted by molar-refractivity contribution is 9.10. The lowest BCUT2D eigenvalue weighted by atomic mass is 10.0. The fraction of sp³-hybridized carbons (Fsp3) is 0.455. The Morgan fingerprint density at radius 1 is 0.627 bits per heavy atom. The van der Waals surface area contributed by atoms with Gasteiger partial charge in [-0.25, -0.2) is 9.97 Å². The molecule has 2 aliphatic carbocycles. The Labute approximate surface area is 354 Å². The Morgan fingerprint density at radius 3 is 1.51 bits per heavy atom.